The van der Waals surface area contributed by atoms with Crippen molar-refractivity contribution >= 4 is 33.1 Å². The van der Waals surface area contributed by atoms with E-state index in [1.165, 1.54) is 6.07 Å². The number of aromatic amines is 1. The molecule has 0 aliphatic rings. The summed E-state index contributed by atoms with van der Waals surface area (Å²) >= 11 is 1.11. The molecule has 0 spiro atoms. The Labute approximate surface area is 161 Å². The number of anilines is 1. The molecule has 2 N–H and O–H groups in total. The van der Waals surface area contributed by atoms with Gasteiger partial charge in [0.25, 0.3) is 11.5 Å². The van der Waals surface area contributed by atoms with E-state index in [4.69, 9.17) is 0 Å². The van der Waals surface area contributed by atoms with Crippen LogP contribution < -0.4 is 10.9 Å². The molecule has 1 amide bonds. The fraction of sp³-hybridized carbons (Fsp3) is 0.0500. The number of amides is 1. The van der Waals surface area contributed by atoms with Gasteiger partial charge in [-0.3, -0.25) is 9.59 Å². The lowest BCUT2D eigenvalue weighted by Crippen LogP contribution is -2.12. The Hall–Kier alpha value is -3.39. The van der Waals surface area contributed by atoms with Crippen LogP contribution in [0.25, 0.3) is 21.6 Å². The number of para-hydroxylation sites is 1. The van der Waals surface area contributed by atoms with E-state index >= 15 is 0 Å². The van der Waals surface area contributed by atoms with Gasteiger partial charge in [0.1, 0.15) is 10.7 Å². The first kappa shape index (κ1) is 18.0. The smallest absolute Gasteiger partial charge is 0.282 e. The van der Waals surface area contributed by atoms with Gasteiger partial charge in [0.05, 0.1) is 10.3 Å². The van der Waals surface area contributed by atoms with Gasteiger partial charge in [0.2, 0.25) is 0 Å². The van der Waals surface area contributed by atoms with Gasteiger partial charge in [-0.05, 0) is 42.8 Å². The molecular weight excluding hydrogens is 384 g/mol. The Morgan fingerprint density at radius 3 is 2.57 bits per heavy atom. The largest absolute Gasteiger partial charge is 0.331 e. The number of nitrogens with one attached hydrogen (secondary N) is 2. The number of carbonyl (C=O) groups excluding carboxylic acids is 1. The molecule has 0 aliphatic carbocycles. The zero-order valence-electron chi connectivity index (χ0n) is 14.5. The van der Waals surface area contributed by atoms with Crippen molar-refractivity contribution in [3.8, 4) is 11.4 Å². The number of carbonyl (C=O) groups is 1. The van der Waals surface area contributed by atoms with Crippen LogP contribution in [0.4, 0.5) is 14.5 Å². The maximum absolute atomic E-state index is 13.5. The number of nitrogens with zero attached hydrogens (tertiary/aromatic N) is 1. The molecule has 0 atom stereocenters. The predicted molar refractivity (Wildman–Crippen MR) is 105 cm³/mol. The standard InChI is InChI=1S/C20H13F2N3O2S/c1-10-15-18(26)24-17(11-7-8-13(21)14(22)9-11)25-20(15)28-16(10)19(27)23-12-5-3-2-4-6-12/h2-9H,1H3,(H,23,27)(H,24,25,26). The summed E-state index contributed by atoms with van der Waals surface area (Å²) in [7, 11) is 0. The van der Waals surface area contributed by atoms with Crippen LogP contribution in [0.15, 0.2) is 53.3 Å². The first-order valence-electron chi connectivity index (χ1n) is 8.29. The fourth-order valence-corrected chi connectivity index (χ4v) is 3.95. The number of halogens is 2. The van der Waals surface area contributed by atoms with Crippen molar-refractivity contribution in [1.82, 2.24) is 9.97 Å². The van der Waals surface area contributed by atoms with E-state index in [0.717, 1.165) is 23.5 Å². The average Bonchev–Trinajstić information content (AvgIpc) is 3.02. The molecule has 4 aromatic rings. The highest BCUT2D eigenvalue weighted by molar-refractivity contribution is 7.20. The third kappa shape index (κ3) is 3.18. The lowest BCUT2D eigenvalue weighted by molar-refractivity contribution is 0.103. The molecule has 0 radical (unpaired) electrons. The molecule has 0 aliphatic heterocycles. The van der Waals surface area contributed by atoms with Crippen molar-refractivity contribution in [2.75, 3.05) is 5.32 Å². The number of aryl methyl sites for hydroxylation is 1. The number of hydrogen-bond donors (Lipinski definition) is 2. The molecule has 4 rings (SSSR count). The van der Waals surface area contributed by atoms with Gasteiger partial charge in [0, 0.05) is 11.3 Å². The summed E-state index contributed by atoms with van der Waals surface area (Å²) in [4.78, 5) is 32.8. The van der Waals surface area contributed by atoms with Crippen LogP contribution >= 0.6 is 11.3 Å². The van der Waals surface area contributed by atoms with E-state index < -0.39 is 17.2 Å². The number of benzene rings is 2. The molecule has 140 valence electrons. The van der Waals surface area contributed by atoms with E-state index in [0.29, 0.717) is 26.3 Å². The summed E-state index contributed by atoms with van der Waals surface area (Å²) in [6, 6.07) is 12.2. The van der Waals surface area contributed by atoms with Crippen molar-refractivity contribution in [2.24, 2.45) is 0 Å². The number of thiophene rings is 1. The second-order valence-electron chi connectivity index (χ2n) is 6.10. The summed E-state index contributed by atoms with van der Waals surface area (Å²) in [5, 5.41) is 3.08. The molecule has 0 bridgehead atoms. The van der Waals surface area contributed by atoms with E-state index in [1.807, 2.05) is 6.07 Å². The highest BCUT2D eigenvalue weighted by Crippen LogP contribution is 2.29. The van der Waals surface area contributed by atoms with E-state index in [9.17, 15) is 18.4 Å². The summed E-state index contributed by atoms with van der Waals surface area (Å²) in [5.41, 5.74) is 0.843. The van der Waals surface area contributed by atoms with Gasteiger partial charge in [-0.1, -0.05) is 18.2 Å². The topological polar surface area (TPSA) is 74.8 Å². The predicted octanol–water partition coefficient (Wildman–Crippen LogP) is 4.49. The van der Waals surface area contributed by atoms with Crippen molar-refractivity contribution in [3.63, 3.8) is 0 Å². The maximum Gasteiger partial charge on any atom is 0.282 e. The molecule has 0 saturated carbocycles. The van der Waals surface area contributed by atoms with Gasteiger partial charge in [-0.15, -0.1) is 11.3 Å². The Bertz CT molecular complexity index is 1270. The zero-order chi connectivity index (χ0) is 19.8. The molecule has 8 heteroatoms. The minimum atomic E-state index is -1.04. The van der Waals surface area contributed by atoms with Crippen molar-refractivity contribution < 1.29 is 13.6 Å². The highest BCUT2D eigenvalue weighted by Gasteiger charge is 2.20. The molecule has 2 aromatic carbocycles. The lowest BCUT2D eigenvalue weighted by Gasteiger charge is -2.03. The van der Waals surface area contributed by atoms with E-state index in [2.05, 4.69) is 15.3 Å². The van der Waals surface area contributed by atoms with Crippen molar-refractivity contribution in [1.29, 1.82) is 0 Å². The van der Waals surface area contributed by atoms with E-state index in [1.54, 1.807) is 31.2 Å². The summed E-state index contributed by atoms with van der Waals surface area (Å²) in [5.74, 6) is -2.26. The van der Waals surface area contributed by atoms with Crippen LogP contribution in [0.2, 0.25) is 0 Å². The zero-order valence-corrected chi connectivity index (χ0v) is 15.4. The van der Waals surface area contributed by atoms with Crippen molar-refractivity contribution in [3.05, 3.63) is 81.0 Å². The Morgan fingerprint density at radius 1 is 1.11 bits per heavy atom. The van der Waals surface area contributed by atoms with Crippen LogP contribution in [-0.2, 0) is 0 Å². The number of rotatable bonds is 3. The second kappa shape index (κ2) is 6.97. The molecule has 0 unspecified atom stereocenters. The van der Waals surface area contributed by atoms with Crippen LogP contribution in [0.1, 0.15) is 15.2 Å². The minimum Gasteiger partial charge on any atom is -0.331 e. The molecule has 5 nitrogen and oxygen atoms in total. The van der Waals surface area contributed by atoms with Crippen molar-refractivity contribution in [2.45, 2.75) is 6.92 Å². The lowest BCUT2D eigenvalue weighted by atomic mass is 10.1. The molecule has 0 fully saturated rings. The van der Waals surface area contributed by atoms with Crippen LogP contribution in [0.5, 0.6) is 0 Å². The van der Waals surface area contributed by atoms with Gasteiger partial charge < -0.3 is 10.3 Å². The SMILES string of the molecule is Cc1c(C(=O)Nc2ccccc2)sc2[nH]c(-c3ccc(F)c(F)c3)nc(=O)c12. The van der Waals surface area contributed by atoms with Gasteiger partial charge >= 0.3 is 0 Å². The van der Waals surface area contributed by atoms with Gasteiger partial charge in [-0.2, -0.15) is 4.98 Å². The quantitative estimate of drug-likeness (QED) is 0.535. The fourth-order valence-electron chi connectivity index (χ4n) is 2.86. The summed E-state index contributed by atoms with van der Waals surface area (Å²) in [6.07, 6.45) is 0. The first-order chi connectivity index (χ1) is 13.4. The molecular formula is C20H13F2N3O2S. The number of fused-ring (bicyclic) bond motifs is 1. The third-order valence-electron chi connectivity index (χ3n) is 4.24. The highest BCUT2D eigenvalue weighted by atomic mass is 32.1. The minimum absolute atomic E-state index is 0.104. The number of H-pyrrole nitrogens is 1. The first-order valence-corrected chi connectivity index (χ1v) is 9.11. The second-order valence-corrected chi connectivity index (χ2v) is 7.12. The third-order valence-corrected chi connectivity index (χ3v) is 5.44. The van der Waals surface area contributed by atoms with Crippen LogP contribution in [-0.4, -0.2) is 15.9 Å². The summed E-state index contributed by atoms with van der Waals surface area (Å²) < 4.78 is 26.7. The maximum atomic E-state index is 13.5. The van der Waals surface area contributed by atoms with Gasteiger partial charge in [-0.25, -0.2) is 8.78 Å². The normalized spacial score (nSPS) is 11.0. The molecule has 28 heavy (non-hydrogen) atoms. The number of aromatic nitrogens is 2. The van der Waals surface area contributed by atoms with Gasteiger partial charge in [0.15, 0.2) is 11.6 Å². The monoisotopic (exact) mass is 397 g/mol. The Kier molecular flexibility index (Phi) is 4.48. The molecule has 2 aromatic heterocycles. The van der Waals surface area contributed by atoms with E-state index in [-0.39, 0.29) is 17.3 Å². The summed E-state index contributed by atoms with van der Waals surface area (Å²) in [6.45, 7) is 1.67. The van der Waals surface area contributed by atoms with Crippen LogP contribution in [0, 0.1) is 18.6 Å². The Balaban J connectivity index is 1.78. The molecule has 0 saturated heterocycles. The molecule has 2 heterocycles. The Morgan fingerprint density at radius 2 is 1.86 bits per heavy atom. The number of hydrogen-bond acceptors (Lipinski definition) is 4. The average molecular weight is 397 g/mol. The van der Waals surface area contributed by atoms with Crippen LogP contribution in [0.3, 0.4) is 0 Å².